The Balaban J connectivity index is 1.41. The van der Waals surface area contributed by atoms with Gasteiger partial charge >= 0.3 is 0 Å². The number of carbonyl (C=O) groups excluding carboxylic acids is 1. The number of nitrogens with one attached hydrogen (secondary N) is 1. The van der Waals surface area contributed by atoms with Gasteiger partial charge in [0.05, 0.1) is 6.33 Å². The number of hydrogen-bond donors (Lipinski definition) is 2. The highest BCUT2D eigenvalue weighted by atomic mass is 16.1. The van der Waals surface area contributed by atoms with Crippen LogP contribution < -0.4 is 20.9 Å². The highest BCUT2D eigenvalue weighted by Crippen LogP contribution is 2.30. The minimum atomic E-state index is -0.419. The Kier molecular flexibility index (Phi) is 6.77. The van der Waals surface area contributed by atoms with E-state index in [4.69, 9.17) is 15.7 Å². The third-order valence-electron chi connectivity index (χ3n) is 7.00. The minimum absolute atomic E-state index is 0.221. The molecule has 2 fully saturated rings. The molecule has 0 radical (unpaired) electrons. The smallest absolute Gasteiger partial charge is 0.241 e. The Morgan fingerprint density at radius 3 is 2.53 bits per heavy atom. The van der Waals surface area contributed by atoms with Gasteiger partial charge in [0.25, 0.3) is 0 Å². The van der Waals surface area contributed by atoms with Gasteiger partial charge in [-0.1, -0.05) is 6.08 Å². The van der Waals surface area contributed by atoms with Crippen molar-refractivity contribution in [1.29, 1.82) is 0 Å². The summed E-state index contributed by atoms with van der Waals surface area (Å²) >= 11 is 0. The molecule has 10 heteroatoms. The maximum atomic E-state index is 11.1. The van der Waals surface area contributed by atoms with Crippen molar-refractivity contribution in [1.82, 2.24) is 24.4 Å². The molecule has 1 amide bonds. The summed E-state index contributed by atoms with van der Waals surface area (Å²) in [6, 6.07) is 8.74. The van der Waals surface area contributed by atoms with Crippen LogP contribution in [0.5, 0.6) is 0 Å². The standard InChI is InChI=1S/C26H35N9O/c1-18(2)35-17-28-23-24(29-20-5-7-21(8-6-20)33-14-12-32(3)13-15-33)30-26(31-25(23)35)34-11-10-19(16-34)4-9-22(27)36/h4-9,17-19H,10-16H2,1-3H3,(H2,27,36)(H,29,30,31)/t19-/m1/s1. The summed E-state index contributed by atoms with van der Waals surface area (Å²) in [5.74, 6) is 1.18. The summed E-state index contributed by atoms with van der Waals surface area (Å²) in [6.07, 6.45) is 6.09. The zero-order valence-corrected chi connectivity index (χ0v) is 21.3. The van der Waals surface area contributed by atoms with Crippen molar-refractivity contribution in [2.75, 3.05) is 61.4 Å². The van der Waals surface area contributed by atoms with Gasteiger partial charge in [0, 0.05) is 56.7 Å². The lowest BCUT2D eigenvalue weighted by atomic mass is 10.1. The van der Waals surface area contributed by atoms with E-state index in [1.54, 1.807) is 0 Å². The van der Waals surface area contributed by atoms with Gasteiger partial charge in [-0.2, -0.15) is 9.97 Å². The summed E-state index contributed by atoms with van der Waals surface area (Å²) in [4.78, 5) is 32.5. The molecule has 3 aromatic rings. The van der Waals surface area contributed by atoms with Gasteiger partial charge < -0.3 is 30.3 Å². The fourth-order valence-electron chi connectivity index (χ4n) is 4.83. The molecule has 10 nitrogen and oxygen atoms in total. The predicted octanol–water partition coefficient (Wildman–Crippen LogP) is 2.77. The van der Waals surface area contributed by atoms with Crippen LogP contribution in [0.2, 0.25) is 0 Å². The fraction of sp³-hybridized carbons (Fsp3) is 0.462. The highest BCUT2D eigenvalue weighted by molar-refractivity contribution is 5.87. The first-order valence-electron chi connectivity index (χ1n) is 12.6. The number of piperazine rings is 1. The largest absolute Gasteiger partial charge is 0.369 e. The van der Waals surface area contributed by atoms with Gasteiger partial charge in [-0.15, -0.1) is 0 Å². The molecule has 0 aliphatic carbocycles. The molecule has 0 saturated carbocycles. The van der Waals surface area contributed by atoms with Crippen molar-refractivity contribution >= 4 is 40.2 Å². The molecule has 2 aliphatic heterocycles. The Bertz CT molecular complexity index is 1240. The van der Waals surface area contributed by atoms with E-state index in [2.05, 4.69) is 74.7 Å². The number of primary amides is 1. The number of anilines is 4. The zero-order chi connectivity index (χ0) is 25.2. The molecule has 3 N–H and O–H groups in total. The number of hydrogen-bond acceptors (Lipinski definition) is 8. The van der Waals surface area contributed by atoms with E-state index < -0.39 is 5.91 Å². The van der Waals surface area contributed by atoms with Crippen LogP contribution in [0.4, 0.5) is 23.1 Å². The maximum absolute atomic E-state index is 11.1. The van der Waals surface area contributed by atoms with Crippen LogP contribution in [0.25, 0.3) is 11.2 Å². The lowest BCUT2D eigenvalue weighted by Crippen LogP contribution is -2.44. The second kappa shape index (κ2) is 10.1. The summed E-state index contributed by atoms with van der Waals surface area (Å²) in [7, 11) is 2.17. The third kappa shape index (κ3) is 5.13. The molecule has 5 rings (SSSR count). The van der Waals surface area contributed by atoms with Gasteiger partial charge in [0.1, 0.15) is 0 Å². The van der Waals surface area contributed by atoms with E-state index in [0.717, 1.165) is 62.5 Å². The minimum Gasteiger partial charge on any atom is -0.369 e. The van der Waals surface area contributed by atoms with E-state index in [0.29, 0.717) is 11.8 Å². The molecule has 0 spiro atoms. The molecule has 0 unspecified atom stereocenters. The molecule has 0 bridgehead atoms. The molecule has 36 heavy (non-hydrogen) atoms. The summed E-state index contributed by atoms with van der Waals surface area (Å²) in [6.45, 7) is 10.0. The predicted molar refractivity (Wildman–Crippen MR) is 144 cm³/mol. The molecular formula is C26H35N9O. The van der Waals surface area contributed by atoms with Crippen molar-refractivity contribution in [3.8, 4) is 0 Å². The quantitative estimate of drug-likeness (QED) is 0.488. The number of carbonyl (C=O) groups is 1. The van der Waals surface area contributed by atoms with Crippen LogP contribution in [0.15, 0.2) is 42.7 Å². The zero-order valence-electron chi connectivity index (χ0n) is 21.3. The van der Waals surface area contributed by atoms with Gasteiger partial charge in [-0.3, -0.25) is 4.79 Å². The Morgan fingerprint density at radius 1 is 1.08 bits per heavy atom. The molecule has 2 saturated heterocycles. The molecule has 1 atom stereocenters. The van der Waals surface area contributed by atoms with E-state index in [1.165, 1.54) is 11.8 Å². The van der Waals surface area contributed by atoms with Crippen molar-refractivity contribution in [2.45, 2.75) is 26.3 Å². The lowest BCUT2D eigenvalue weighted by molar-refractivity contribution is -0.113. The normalized spacial score (nSPS) is 19.2. The molecule has 1 aromatic carbocycles. The number of aromatic nitrogens is 4. The van der Waals surface area contributed by atoms with Crippen LogP contribution in [0.1, 0.15) is 26.3 Å². The number of benzene rings is 1. The average Bonchev–Trinajstić information content (AvgIpc) is 3.51. The number of rotatable bonds is 7. The first-order valence-corrected chi connectivity index (χ1v) is 12.6. The van der Waals surface area contributed by atoms with Crippen LogP contribution in [0.3, 0.4) is 0 Å². The number of nitrogens with two attached hydrogens (primary N) is 1. The van der Waals surface area contributed by atoms with E-state index >= 15 is 0 Å². The average molecular weight is 490 g/mol. The monoisotopic (exact) mass is 489 g/mol. The van der Waals surface area contributed by atoms with Gasteiger partial charge in [0.15, 0.2) is 17.0 Å². The SMILES string of the molecule is CC(C)n1cnc2c(Nc3ccc(N4CCN(C)CC4)cc3)nc(N3CC[C@@H](C=CC(N)=O)C3)nc21. The number of nitrogens with zero attached hydrogens (tertiary/aromatic N) is 7. The van der Waals surface area contributed by atoms with Crippen molar-refractivity contribution in [3.05, 3.63) is 42.7 Å². The van der Waals surface area contributed by atoms with Crippen LogP contribution in [-0.2, 0) is 4.79 Å². The van der Waals surface area contributed by atoms with Crippen LogP contribution in [-0.4, -0.2) is 76.6 Å². The topological polar surface area (TPSA) is 108 Å². The van der Waals surface area contributed by atoms with Crippen molar-refractivity contribution in [2.24, 2.45) is 11.7 Å². The van der Waals surface area contributed by atoms with E-state index in [1.807, 2.05) is 12.4 Å². The molecule has 4 heterocycles. The number of amides is 1. The van der Waals surface area contributed by atoms with Crippen molar-refractivity contribution in [3.63, 3.8) is 0 Å². The molecule has 190 valence electrons. The Labute approximate surface area is 211 Å². The summed E-state index contributed by atoms with van der Waals surface area (Å²) in [5, 5.41) is 3.50. The van der Waals surface area contributed by atoms with Crippen LogP contribution in [0, 0.1) is 5.92 Å². The van der Waals surface area contributed by atoms with Gasteiger partial charge in [-0.25, -0.2) is 4.98 Å². The molecule has 2 aliphatic rings. The second-order valence-corrected chi connectivity index (χ2v) is 10.0. The maximum Gasteiger partial charge on any atom is 0.241 e. The third-order valence-corrected chi connectivity index (χ3v) is 7.00. The first-order chi connectivity index (χ1) is 17.4. The summed E-state index contributed by atoms with van der Waals surface area (Å²) < 4.78 is 2.07. The molecular weight excluding hydrogens is 454 g/mol. The number of fused-ring (bicyclic) bond motifs is 1. The fourth-order valence-corrected chi connectivity index (χ4v) is 4.83. The lowest BCUT2D eigenvalue weighted by Gasteiger charge is -2.34. The van der Waals surface area contributed by atoms with E-state index in [-0.39, 0.29) is 12.0 Å². The highest BCUT2D eigenvalue weighted by Gasteiger charge is 2.25. The van der Waals surface area contributed by atoms with E-state index in [9.17, 15) is 4.79 Å². The Morgan fingerprint density at radius 2 is 1.83 bits per heavy atom. The summed E-state index contributed by atoms with van der Waals surface area (Å²) in [5.41, 5.74) is 9.03. The number of imidazole rings is 1. The number of likely N-dealkylation sites (N-methyl/N-ethyl adjacent to an activating group) is 1. The van der Waals surface area contributed by atoms with Gasteiger partial charge in [-0.05, 0) is 63.6 Å². The second-order valence-electron chi connectivity index (χ2n) is 10.0. The molecule has 2 aromatic heterocycles. The first kappa shape index (κ1) is 24.1. The Hall–Kier alpha value is -3.66. The van der Waals surface area contributed by atoms with Crippen LogP contribution >= 0.6 is 0 Å². The van der Waals surface area contributed by atoms with Gasteiger partial charge in [0.2, 0.25) is 11.9 Å². The van der Waals surface area contributed by atoms with Crippen molar-refractivity contribution < 1.29 is 4.79 Å².